The molecule has 2 heterocycles. The zero-order chi connectivity index (χ0) is 25.2. The first-order chi connectivity index (χ1) is 17.2. The van der Waals surface area contributed by atoms with E-state index in [-0.39, 0.29) is 45.0 Å². The van der Waals surface area contributed by atoms with Gasteiger partial charge in [0.05, 0.1) is 22.9 Å². The third kappa shape index (κ3) is 3.72. The molecule has 2 saturated carbocycles. The third-order valence-electron chi connectivity index (χ3n) is 7.50. The fourth-order valence-electron chi connectivity index (χ4n) is 5.07. The molecule has 2 aromatic carbocycles. The molecule has 3 aliphatic rings. The van der Waals surface area contributed by atoms with Gasteiger partial charge in [0.15, 0.2) is 11.6 Å². The Bertz CT molecular complexity index is 1610. The van der Waals surface area contributed by atoms with Gasteiger partial charge in [0.25, 0.3) is 5.56 Å². The molecule has 36 heavy (non-hydrogen) atoms. The predicted octanol–water partition coefficient (Wildman–Crippen LogP) is 3.76. The van der Waals surface area contributed by atoms with Crippen molar-refractivity contribution in [3.05, 3.63) is 57.9 Å². The summed E-state index contributed by atoms with van der Waals surface area (Å²) >= 11 is 0. The van der Waals surface area contributed by atoms with E-state index < -0.39 is 16.0 Å². The fourth-order valence-corrected chi connectivity index (χ4v) is 6.53. The highest BCUT2D eigenvalue weighted by Gasteiger charge is 2.51. The second kappa shape index (κ2) is 8.01. The van der Waals surface area contributed by atoms with Crippen molar-refractivity contribution in [2.24, 2.45) is 12.5 Å². The Hall–Kier alpha value is -3.49. The van der Waals surface area contributed by atoms with Crippen LogP contribution >= 0.6 is 0 Å². The topological polar surface area (TPSA) is 117 Å². The van der Waals surface area contributed by atoms with E-state index in [9.17, 15) is 18.5 Å². The lowest BCUT2D eigenvalue weighted by atomic mass is 9.65. The van der Waals surface area contributed by atoms with E-state index in [0.717, 1.165) is 32.1 Å². The van der Waals surface area contributed by atoms with Crippen molar-refractivity contribution in [2.45, 2.75) is 38.0 Å². The molecule has 1 spiro atoms. The van der Waals surface area contributed by atoms with E-state index >= 15 is 4.39 Å². The number of fused-ring (bicyclic) bond motifs is 1. The van der Waals surface area contributed by atoms with Crippen molar-refractivity contribution in [1.82, 2.24) is 13.9 Å². The number of nitrogens with zero attached hydrogens (tertiary/aromatic N) is 4. The van der Waals surface area contributed by atoms with E-state index in [4.69, 9.17) is 4.74 Å². The number of nitrogens with one attached hydrogen (secondary N) is 1. The zero-order valence-electron chi connectivity index (χ0n) is 19.6. The number of ether oxygens (including phenoxy) is 1. The Labute approximate surface area is 207 Å². The van der Waals surface area contributed by atoms with Gasteiger partial charge < -0.3 is 9.30 Å². The number of benzene rings is 2. The molecule has 186 valence electrons. The average molecular weight is 510 g/mol. The minimum Gasteiger partial charge on any atom is -0.453 e. The summed E-state index contributed by atoms with van der Waals surface area (Å²) in [5.74, 6) is -0.995. The normalized spacial score (nSPS) is 18.9. The number of rotatable bonds is 6. The standard InChI is InChI=1S/C25H24FN5O4S/c1-30-14-28-20-6-5-16(9-18(20)24(30)32)35-23-19(11-27)21(10-17(22(23)26)15-3-4-15)29-36(33,34)31-12-25(13-31)7-2-8-25/h5-6,9-10,14-15,29H,2-4,7-8,12-13H2,1H3. The number of nitriles is 1. The van der Waals surface area contributed by atoms with Crippen LogP contribution in [0.15, 0.2) is 35.4 Å². The van der Waals surface area contributed by atoms with E-state index in [1.165, 1.54) is 33.4 Å². The van der Waals surface area contributed by atoms with Gasteiger partial charge in [-0.3, -0.25) is 9.52 Å². The summed E-state index contributed by atoms with van der Waals surface area (Å²) in [6.07, 6.45) is 6.09. The van der Waals surface area contributed by atoms with Crippen molar-refractivity contribution in [3.8, 4) is 17.6 Å². The zero-order valence-corrected chi connectivity index (χ0v) is 20.4. The number of hydrogen-bond acceptors (Lipinski definition) is 6. The molecule has 6 rings (SSSR count). The van der Waals surface area contributed by atoms with Crippen molar-refractivity contribution < 1.29 is 17.5 Å². The van der Waals surface area contributed by atoms with Crippen molar-refractivity contribution >= 4 is 26.8 Å². The molecule has 0 amide bonds. The van der Waals surface area contributed by atoms with Gasteiger partial charge in [-0.05, 0) is 66.8 Å². The first-order valence-corrected chi connectivity index (χ1v) is 13.3. The molecule has 3 fully saturated rings. The average Bonchev–Trinajstić information content (AvgIpc) is 3.62. The van der Waals surface area contributed by atoms with Crippen molar-refractivity contribution in [2.75, 3.05) is 17.8 Å². The number of aryl methyl sites for hydroxylation is 1. The molecule has 1 aliphatic heterocycles. The molecule has 3 aromatic rings. The summed E-state index contributed by atoms with van der Waals surface area (Å²) in [4.78, 5) is 16.7. The SMILES string of the molecule is Cn1cnc2ccc(Oc3c(F)c(C4CC4)cc(NS(=O)(=O)N4CC5(CCC5)C4)c3C#N)cc2c1=O. The van der Waals surface area contributed by atoms with Crippen LogP contribution in [0.25, 0.3) is 10.9 Å². The van der Waals surface area contributed by atoms with Gasteiger partial charge in [-0.15, -0.1) is 0 Å². The molecule has 11 heteroatoms. The van der Waals surface area contributed by atoms with E-state index in [0.29, 0.717) is 24.2 Å². The summed E-state index contributed by atoms with van der Waals surface area (Å²) < 4.78 is 52.8. The van der Waals surface area contributed by atoms with Crippen LogP contribution in [0.5, 0.6) is 11.5 Å². The second-order valence-corrected chi connectivity index (χ2v) is 11.8. The molecule has 0 unspecified atom stereocenters. The van der Waals surface area contributed by atoms with Gasteiger partial charge in [-0.2, -0.15) is 18.0 Å². The maximum absolute atomic E-state index is 15.6. The van der Waals surface area contributed by atoms with Gasteiger partial charge >= 0.3 is 10.2 Å². The Morgan fingerprint density at radius 3 is 2.64 bits per heavy atom. The van der Waals surface area contributed by atoms with Crippen LogP contribution < -0.4 is 15.0 Å². The highest BCUT2D eigenvalue weighted by Crippen LogP contribution is 2.50. The summed E-state index contributed by atoms with van der Waals surface area (Å²) in [5.41, 5.74) is 0.280. The maximum atomic E-state index is 15.6. The lowest BCUT2D eigenvalue weighted by Crippen LogP contribution is -2.62. The largest absolute Gasteiger partial charge is 0.453 e. The monoisotopic (exact) mass is 509 g/mol. The Balaban J connectivity index is 1.39. The van der Waals surface area contributed by atoms with E-state index in [2.05, 4.69) is 9.71 Å². The molecule has 1 N–H and O–H groups in total. The molecular formula is C25H24FN5O4S. The highest BCUT2D eigenvalue weighted by molar-refractivity contribution is 7.90. The van der Waals surface area contributed by atoms with Crippen LogP contribution in [0.2, 0.25) is 0 Å². The molecule has 9 nitrogen and oxygen atoms in total. The van der Waals surface area contributed by atoms with Crippen molar-refractivity contribution in [3.63, 3.8) is 0 Å². The predicted molar refractivity (Wildman–Crippen MR) is 131 cm³/mol. The van der Waals surface area contributed by atoms with Crippen LogP contribution in [0.3, 0.4) is 0 Å². The Morgan fingerprint density at radius 2 is 2.00 bits per heavy atom. The molecule has 0 radical (unpaired) electrons. The smallest absolute Gasteiger partial charge is 0.301 e. The maximum Gasteiger partial charge on any atom is 0.301 e. The van der Waals surface area contributed by atoms with Crippen LogP contribution in [0.4, 0.5) is 10.1 Å². The first kappa shape index (κ1) is 22.9. The fraction of sp³-hybridized carbons (Fsp3) is 0.400. The minimum absolute atomic E-state index is 0.0104. The van der Waals surface area contributed by atoms with E-state index in [1.807, 2.05) is 6.07 Å². The summed E-state index contributed by atoms with van der Waals surface area (Å²) in [6, 6.07) is 7.87. The second-order valence-electron chi connectivity index (χ2n) is 10.1. The van der Waals surface area contributed by atoms with Gasteiger partial charge in [-0.1, -0.05) is 6.42 Å². The molecule has 1 aromatic heterocycles. The van der Waals surface area contributed by atoms with Crippen molar-refractivity contribution in [1.29, 1.82) is 5.26 Å². The van der Waals surface area contributed by atoms with Gasteiger partial charge in [0.1, 0.15) is 17.4 Å². The van der Waals surface area contributed by atoms with Gasteiger partial charge in [-0.25, -0.2) is 9.37 Å². The minimum atomic E-state index is -3.92. The number of halogens is 1. The van der Waals surface area contributed by atoms with Crippen LogP contribution in [0, 0.1) is 22.6 Å². The van der Waals surface area contributed by atoms with Gasteiger partial charge in [0.2, 0.25) is 0 Å². The van der Waals surface area contributed by atoms with Crippen LogP contribution in [0.1, 0.15) is 49.1 Å². The van der Waals surface area contributed by atoms with Gasteiger partial charge in [0, 0.05) is 20.1 Å². The number of hydrogen-bond donors (Lipinski definition) is 1. The molecule has 0 bridgehead atoms. The Kier molecular flexibility index (Phi) is 5.10. The van der Waals surface area contributed by atoms with E-state index in [1.54, 1.807) is 13.1 Å². The quantitative estimate of drug-likeness (QED) is 0.541. The molecule has 0 atom stereocenters. The number of aromatic nitrogens is 2. The first-order valence-electron chi connectivity index (χ1n) is 11.9. The summed E-state index contributed by atoms with van der Waals surface area (Å²) in [5, 5.41) is 10.2. The summed E-state index contributed by atoms with van der Waals surface area (Å²) in [7, 11) is -2.35. The number of anilines is 1. The summed E-state index contributed by atoms with van der Waals surface area (Å²) in [6.45, 7) is 0.897. The van der Waals surface area contributed by atoms with Crippen LogP contribution in [-0.4, -0.2) is 35.4 Å². The lowest BCUT2D eigenvalue weighted by molar-refractivity contribution is -0.00752. The Morgan fingerprint density at radius 1 is 1.25 bits per heavy atom. The highest BCUT2D eigenvalue weighted by atomic mass is 32.2. The molecular weight excluding hydrogens is 485 g/mol. The van der Waals surface area contributed by atoms with Crippen LogP contribution in [-0.2, 0) is 17.3 Å². The molecule has 1 saturated heterocycles. The molecule has 2 aliphatic carbocycles. The third-order valence-corrected chi connectivity index (χ3v) is 8.92. The lowest BCUT2D eigenvalue weighted by Gasteiger charge is -2.54.